The number of methoxy groups -OCH3 is 1. The zero-order valence-electron chi connectivity index (χ0n) is 7.79. The van der Waals surface area contributed by atoms with Crippen LogP contribution in [0.3, 0.4) is 0 Å². The molecule has 1 aromatic rings. The standard InChI is InChI=1S/C9H11IN2O2/c1-14-3-2-11-9-8(10)4-7(6-13)5-12-9/h4-6H,2-3H2,1H3,(H,11,12). The van der Waals surface area contributed by atoms with E-state index in [2.05, 4.69) is 32.9 Å². The zero-order chi connectivity index (χ0) is 10.4. The second kappa shape index (κ2) is 5.92. The number of carbonyl (C=O) groups is 1. The highest BCUT2D eigenvalue weighted by Crippen LogP contribution is 2.15. The minimum atomic E-state index is 0.590. The molecule has 5 heteroatoms. The third kappa shape index (κ3) is 3.22. The zero-order valence-corrected chi connectivity index (χ0v) is 9.95. The molecule has 0 unspecified atom stereocenters. The number of pyridine rings is 1. The summed E-state index contributed by atoms with van der Waals surface area (Å²) in [5.41, 5.74) is 0.590. The molecule has 4 nitrogen and oxygen atoms in total. The van der Waals surface area contributed by atoms with Crippen LogP contribution in [0.15, 0.2) is 12.3 Å². The third-order valence-corrected chi connectivity index (χ3v) is 2.42. The van der Waals surface area contributed by atoms with Gasteiger partial charge in [0.2, 0.25) is 0 Å². The number of anilines is 1. The lowest BCUT2D eigenvalue weighted by molar-refractivity contribution is 0.112. The molecule has 1 N–H and O–H groups in total. The van der Waals surface area contributed by atoms with Gasteiger partial charge in [-0.2, -0.15) is 0 Å². The number of rotatable bonds is 5. The molecule has 0 spiro atoms. The van der Waals surface area contributed by atoms with Gasteiger partial charge >= 0.3 is 0 Å². The Hall–Kier alpha value is -0.690. The Morgan fingerprint density at radius 1 is 1.71 bits per heavy atom. The summed E-state index contributed by atoms with van der Waals surface area (Å²) in [5, 5.41) is 3.11. The van der Waals surface area contributed by atoms with Crippen LogP contribution in [0, 0.1) is 3.57 Å². The molecule has 0 fully saturated rings. The Morgan fingerprint density at radius 3 is 3.07 bits per heavy atom. The number of nitrogens with zero attached hydrogens (tertiary/aromatic N) is 1. The summed E-state index contributed by atoms with van der Waals surface area (Å²) in [6.07, 6.45) is 2.33. The number of ether oxygens (including phenoxy) is 1. The van der Waals surface area contributed by atoms with Crippen LogP contribution in [0.2, 0.25) is 0 Å². The SMILES string of the molecule is COCCNc1ncc(C=O)cc1I. The Balaban J connectivity index is 2.64. The second-order valence-corrected chi connectivity index (χ2v) is 3.80. The fourth-order valence-electron chi connectivity index (χ4n) is 0.919. The number of hydrogen-bond donors (Lipinski definition) is 1. The summed E-state index contributed by atoms with van der Waals surface area (Å²) < 4.78 is 5.83. The maximum Gasteiger partial charge on any atom is 0.151 e. The lowest BCUT2D eigenvalue weighted by Gasteiger charge is -2.06. The summed E-state index contributed by atoms with van der Waals surface area (Å²) in [4.78, 5) is 14.6. The largest absolute Gasteiger partial charge is 0.383 e. The average molecular weight is 306 g/mol. The molecule has 1 heterocycles. The quantitative estimate of drug-likeness (QED) is 0.509. The maximum atomic E-state index is 10.4. The van der Waals surface area contributed by atoms with Gasteiger partial charge in [0.05, 0.1) is 10.2 Å². The van der Waals surface area contributed by atoms with E-state index in [9.17, 15) is 4.79 Å². The van der Waals surface area contributed by atoms with Gasteiger partial charge in [0.15, 0.2) is 6.29 Å². The van der Waals surface area contributed by atoms with Gasteiger partial charge in [0.25, 0.3) is 0 Å². The fraction of sp³-hybridized carbons (Fsp3) is 0.333. The summed E-state index contributed by atoms with van der Waals surface area (Å²) in [6.45, 7) is 1.34. The molecule has 0 atom stereocenters. The molecule has 76 valence electrons. The van der Waals surface area contributed by atoms with Gasteiger partial charge in [0, 0.05) is 25.4 Å². The predicted octanol–water partition coefficient (Wildman–Crippen LogP) is 1.56. The van der Waals surface area contributed by atoms with Gasteiger partial charge in [0.1, 0.15) is 5.82 Å². The first kappa shape index (κ1) is 11.4. The normalized spacial score (nSPS) is 9.86. The average Bonchev–Trinajstić information content (AvgIpc) is 2.20. The van der Waals surface area contributed by atoms with Gasteiger partial charge in [-0.3, -0.25) is 4.79 Å². The number of aromatic nitrogens is 1. The van der Waals surface area contributed by atoms with E-state index in [0.29, 0.717) is 18.7 Å². The number of aldehydes is 1. The third-order valence-electron chi connectivity index (χ3n) is 1.60. The van der Waals surface area contributed by atoms with Gasteiger partial charge in [-0.25, -0.2) is 4.98 Å². The van der Waals surface area contributed by atoms with Crippen molar-refractivity contribution in [3.05, 3.63) is 21.4 Å². The molecule has 0 aliphatic rings. The van der Waals surface area contributed by atoms with E-state index in [1.807, 2.05) is 0 Å². The van der Waals surface area contributed by atoms with Crippen molar-refractivity contribution in [1.29, 1.82) is 0 Å². The van der Waals surface area contributed by atoms with Crippen LogP contribution in [0.1, 0.15) is 10.4 Å². The van der Waals surface area contributed by atoms with Crippen LogP contribution in [-0.2, 0) is 4.74 Å². The summed E-state index contributed by atoms with van der Waals surface area (Å²) >= 11 is 2.14. The lowest BCUT2D eigenvalue weighted by atomic mass is 10.3. The van der Waals surface area contributed by atoms with Crippen molar-refractivity contribution in [3.8, 4) is 0 Å². The van der Waals surface area contributed by atoms with Crippen LogP contribution in [0.25, 0.3) is 0 Å². The first-order chi connectivity index (χ1) is 6.77. The lowest BCUT2D eigenvalue weighted by Crippen LogP contribution is -2.10. The molecule has 0 saturated heterocycles. The molecule has 1 aromatic heterocycles. The minimum absolute atomic E-state index is 0.590. The van der Waals surface area contributed by atoms with Gasteiger partial charge in [-0.1, -0.05) is 0 Å². The van der Waals surface area contributed by atoms with Crippen molar-refractivity contribution in [2.45, 2.75) is 0 Å². The molecule has 0 amide bonds. The molecule has 0 radical (unpaired) electrons. The molecular formula is C9H11IN2O2. The van der Waals surface area contributed by atoms with Crippen molar-refractivity contribution < 1.29 is 9.53 Å². The summed E-state index contributed by atoms with van der Waals surface area (Å²) in [5.74, 6) is 0.785. The van der Waals surface area contributed by atoms with Crippen LogP contribution in [0.4, 0.5) is 5.82 Å². The van der Waals surface area contributed by atoms with Crippen molar-refractivity contribution in [2.24, 2.45) is 0 Å². The van der Waals surface area contributed by atoms with E-state index in [-0.39, 0.29) is 0 Å². The van der Waals surface area contributed by atoms with E-state index in [1.54, 1.807) is 19.4 Å². The molecular weight excluding hydrogens is 295 g/mol. The first-order valence-electron chi connectivity index (χ1n) is 4.11. The van der Waals surface area contributed by atoms with Gasteiger partial charge < -0.3 is 10.1 Å². The highest BCUT2D eigenvalue weighted by molar-refractivity contribution is 14.1. The first-order valence-corrected chi connectivity index (χ1v) is 5.19. The Morgan fingerprint density at radius 2 is 2.50 bits per heavy atom. The smallest absolute Gasteiger partial charge is 0.151 e. The monoisotopic (exact) mass is 306 g/mol. The molecule has 0 bridgehead atoms. The van der Waals surface area contributed by atoms with Gasteiger partial charge in [-0.05, 0) is 28.7 Å². The summed E-state index contributed by atoms with van der Waals surface area (Å²) in [7, 11) is 1.65. The molecule has 0 saturated carbocycles. The highest BCUT2D eigenvalue weighted by atomic mass is 127. The number of hydrogen-bond acceptors (Lipinski definition) is 4. The van der Waals surface area contributed by atoms with Gasteiger partial charge in [-0.15, -0.1) is 0 Å². The fourth-order valence-corrected chi connectivity index (χ4v) is 1.61. The summed E-state index contributed by atoms with van der Waals surface area (Å²) in [6, 6.07) is 1.79. The maximum absolute atomic E-state index is 10.4. The van der Waals surface area contributed by atoms with Crippen molar-refractivity contribution >= 4 is 34.7 Å². The highest BCUT2D eigenvalue weighted by Gasteiger charge is 2.01. The van der Waals surface area contributed by atoms with E-state index in [1.165, 1.54) is 0 Å². The van der Waals surface area contributed by atoms with E-state index >= 15 is 0 Å². The molecule has 14 heavy (non-hydrogen) atoms. The number of halogens is 1. The van der Waals surface area contributed by atoms with E-state index in [0.717, 1.165) is 15.7 Å². The van der Waals surface area contributed by atoms with Crippen LogP contribution < -0.4 is 5.32 Å². The molecule has 0 aliphatic heterocycles. The van der Waals surface area contributed by atoms with E-state index < -0.39 is 0 Å². The number of carbonyl (C=O) groups excluding carboxylic acids is 1. The van der Waals surface area contributed by atoms with Crippen molar-refractivity contribution in [2.75, 3.05) is 25.6 Å². The van der Waals surface area contributed by atoms with Crippen molar-refractivity contribution in [3.63, 3.8) is 0 Å². The predicted molar refractivity (Wildman–Crippen MR) is 62.7 cm³/mol. The van der Waals surface area contributed by atoms with E-state index in [4.69, 9.17) is 4.74 Å². The molecule has 0 aromatic carbocycles. The Labute approximate surface area is 96.2 Å². The number of nitrogens with one attached hydrogen (secondary N) is 1. The Bertz CT molecular complexity index is 318. The second-order valence-electron chi connectivity index (χ2n) is 2.64. The van der Waals surface area contributed by atoms with Crippen LogP contribution in [0.5, 0.6) is 0 Å². The molecule has 1 rings (SSSR count). The molecule has 0 aliphatic carbocycles. The van der Waals surface area contributed by atoms with Crippen LogP contribution in [-0.4, -0.2) is 31.5 Å². The Kier molecular flexibility index (Phi) is 4.81. The van der Waals surface area contributed by atoms with Crippen molar-refractivity contribution in [1.82, 2.24) is 4.98 Å². The minimum Gasteiger partial charge on any atom is -0.383 e. The van der Waals surface area contributed by atoms with Crippen LogP contribution >= 0.6 is 22.6 Å². The topological polar surface area (TPSA) is 51.2 Å².